The number of β-lactam (4-membered cyclic amide) rings is 1. The first-order chi connectivity index (χ1) is 15.8. The van der Waals surface area contributed by atoms with Crippen LogP contribution in [-0.2, 0) is 25.8 Å². The van der Waals surface area contributed by atoms with Gasteiger partial charge in [0.2, 0.25) is 5.91 Å². The number of fused-ring (bicyclic) bond motifs is 3. The summed E-state index contributed by atoms with van der Waals surface area (Å²) in [6.07, 6.45) is -0.454. The van der Waals surface area contributed by atoms with E-state index in [9.17, 15) is 24.8 Å². The van der Waals surface area contributed by atoms with Crippen LogP contribution in [0.15, 0.2) is 59.8 Å². The van der Waals surface area contributed by atoms with Gasteiger partial charge in [-0.2, -0.15) is 0 Å². The summed E-state index contributed by atoms with van der Waals surface area (Å²) in [5, 5.41) is 25.1. The minimum absolute atomic E-state index is 0.0715. The minimum Gasteiger partial charge on any atom is -0.456 e. The van der Waals surface area contributed by atoms with Crippen LogP contribution in [0.2, 0.25) is 0 Å². The fourth-order valence-corrected chi connectivity index (χ4v) is 5.02. The summed E-state index contributed by atoms with van der Waals surface area (Å²) in [5.41, 5.74) is 0.0673. The first-order valence-electron chi connectivity index (χ1n) is 10.6. The van der Waals surface area contributed by atoms with Gasteiger partial charge in [-0.05, 0) is 36.6 Å². The van der Waals surface area contributed by atoms with Gasteiger partial charge >= 0.3 is 11.7 Å². The Balaban J connectivity index is 1.42. The number of rotatable bonds is 6. The molecule has 2 unspecified atom stereocenters. The molecule has 5 atom stereocenters. The normalized spacial score (nSPS) is 28.2. The van der Waals surface area contributed by atoms with Gasteiger partial charge in [-0.15, -0.1) is 0 Å². The van der Waals surface area contributed by atoms with E-state index in [0.717, 1.165) is 5.56 Å². The molecule has 33 heavy (non-hydrogen) atoms. The third kappa shape index (κ3) is 3.09. The number of non-ortho nitro benzene ring substituents is 1. The third-order valence-electron chi connectivity index (χ3n) is 6.59. The summed E-state index contributed by atoms with van der Waals surface area (Å²) in [6.45, 7) is 1.41. The molecule has 170 valence electrons. The maximum absolute atomic E-state index is 13.4. The van der Waals surface area contributed by atoms with Gasteiger partial charge in [0.05, 0.1) is 34.6 Å². The van der Waals surface area contributed by atoms with E-state index in [-0.39, 0.29) is 24.2 Å². The summed E-state index contributed by atoms with van der Waals surface area (Å²) in [5.74, 6) is -2.31. The quantitative estimate of drug-likeness (QED) is 0.307. The fraction of sp³-hybridized carbons (Fsp3) is 0.348. The molecule has 10 nitrogen and oxygen atoms in total. The molecule has 0 aromatic heterocycles. The van der Waals surface area contributed by atoms with Crippen molar-refractivity contribution in [2.24, 2.45) is 17.0 Å². The lowest BCUT2D eigenvalue weighted by Gasteiger charge is -2.48. The highest BCUT2D eigenvalue weighted by Gasteiger charge is 2.75. The van der Waals surface area contributed by atoms with Crippen molar-refractivity contribution in [2.45, 2.75) is 37.8 Å². The summed E-state index contributed by atoms with van der Waals surface area (Å²) in [6, 6.07) is 14.5. The highest BCUT2D eigenvalue weighted by Crippen LogP contribution is 2.54. The Labute approximate surface area is 188 Å². The Kier molecular flexibility index (Phi) is 4.89. The Hall–Kier alpha value is -3.79. The number of amides is 1. The van der Waals surface area contributed by atoms with Crippen LogP contribution in [0.1, 0.15) is 24.5 Å². The predicted molar refractivity (Wildman–Crippen MR) is 114 cm³/mol. The topological polar surface area (TPSA) is 132 Å². The Bertz CT molecular complexity index is 1150. The molecule has 0 saturated carbocycles. The number of carbonyl (C=O) groups excluding carboxylic acids is 2. The number of ether oxygens (including phenoxy) is 1. The van der Waals surface area contributed by atoms with Gasteiger partial charge in [-0.25, -0.2) is 4.79 Å². The van der Waals surface area contributed by atoms with E-state index >= 15 is 0 Å². The first kappa shape index (κ1) is 21.1. The van der Waals surface area contributed by atoms with Crippen molar-refractivity contribution in [3.05, 3.63) is 75.8 Å². The molecule has 0 bridgehead atoms. The second-order valence-electron chi connectivity index (χ2n) is 8.46. The van der Waals surface area contributed by atoms with Gasteiger partial charge in [-0.3, -0.25) is 19.8 Å². The van der Waals surface area contributed by atoms with E-state index in [1.807, 2.05) is 30.3 Å². The van der Waals surface area contributed by atoms with Crippen LogP contribution in [-0.4, -0.2) is 50.4 Å². The number of hydrogen-bond donors (Lipinski definition) is 1. The van der Waals surface area contributed by atoms with Gasteiger partial charge in [-0.1, -0.05) is 35.5 Å². The number of nitrogens with zero attached hydrogens (tertiary/aromatic N) is 3. The molecule has 2 aromatic carbocycles. The average Bonchev–Trinajstić information content (AvgIpc) is 3.30. The van der Waals surface area contributed by atoms with Crippen molar-refractivity contribution in [3.8, 4) is 0 Å². The van der Waals surface area contributed by atoms with E-state index in [4.69, 9.17) is 9.57 Å². The molecule has 3 aliphatic rings. The number of nitro groups is 1. The zero-order valence-corrected chi connectivity index (χ0v) is 17.7. The molecule has 5 rings (SSSR count). The number of benzene rings is 2. The maximum Gasteiger partial charge on any atom is 0.376 e. The largest absolute Gasteiger partial charge is 0.456 e. The van der Waals surface area contributed by atoms with Crippen LogP contribution in [0.4, 0.5) is 5.69 Å². The number of oxime groups is 1. The molecular formula is C23H21N3O7. The summed E-state index contributed by atoms with van der Waals surface area (Å²) >= 11 is 0. The van der Waals surface area contributed by atoms with E-state index in [2.05, 4.69) is 5.16 Å². The number of carbonyl (C=O) groups is 2. The van der Waals surface area contributed by atoms with Gasteiger partial charge in [0.15, 0.2) is 0 Å². The lowest BCUT2D eigenvalue weighted by Crippen LogP contribution is -2.70. The fourth-order valence-electron chi connectivity index (χ4n) is 5.02. The molecule has 3 heterocycles. The van der Waals surface area contributed by atoms with E-state index in [1.165, 1.54) is 29.2 Å². The van der Waals surface area contributed by atoms with Crippen LogP contribution in [0.3, 0.4) is 0 Å². The molecule has 0 spiro atoms. The van der Waals surface area contributed by atoms with E-state index in [0.29, 0.717) is 17.7 Å². The lowest BCUT2D eigenvalue weighted by molar-refractivity contribution is -0.384. The third-order valence-corrected chi connectivity index (χ3v) is 6.59. The summed E-state index contributed by atoms with van der Waals surface area (Å²) in [4.78, 5) is 43.7. The highest BCUT2D eigenvalue weighted by molar-refractivity contribution is 6.09. The zero-order chi connectivity index (χ0) is 23.3. The molecule has 2 saturated heterocycles. The molecule has 1 N–H and O–H groups in total. The summed E-state index contributed by atoms with van der Waals surface area (Å²) < 4.78 is 5.53. The number of aliphatic hydroxyl groups is 1. The van der Waals surface area contributed by atoms with E-state index < -0.39 is 34.6 Å². The summed E-state index contributed by atoms with van der Waals surface area (Å²) in [7, 11) is 0. The van der Waals surface area contributed by atoms with Crippen LogP contribution < -0.4 is 0 Å². The smallest absolute Gasteiger partial charge is 0.376 e. The van der Waals surface area contributed by atoms with Gasteiger partial charge in [0, 0.05) is 12.1 Å². The van der Waals surface area contributed by atoms with Crippen LogP contribution in [0, 0.1) is 22.0 Å². The number of esters is 1. The molecular weight excluding hydrogens is 430 g/mol. The van der Waals surface area contributed by atoms with E-state index in [1.54, 1.807) is 6.92 Å². The molecule has 0 radical (unpaired) electrons. The zero-order valence-electron chi connectivity index (χ0n) is 17.7. The molecule has 10 heteroatoms. The van der Waals surface area contributed by atoms with Crippen LogP contribution in [0.5, 0.6) is 0 Å². The molecule has 0 aliphatic carbocycles. The second-order valence-corrected chi connectivity index (χ2v) is 8.46. The van der Waals surface area contributed by atoms with Crippen molar-refractivity contribution >= 4 is 23.3 Å². The van der Waals surface area contributed by atoms with Gasteiger partial charge in [0.1, 0.15) is 6.61 Å². The molecule has 2 fully saturated rings. The number of aliphatic hydroxyl groups excluding tert-OH is 1. The van der Waals surface area contributed by atoms with Gasteiger partial charge in [0.25, 0.3) is 5.69 Å². The minimum atomic E-state index is -1.74. The van der Waals surface area contributed by atoms with Crippen LogP contribution in [0.25, 0.3) is 0 Å². The number of nitro benzene ring substituents is 1. The van der Waals surface area contributed by atoms with Crippen molar-refractivity contribution in [3.63, 3.8) is 0 Å². The van der Waals surface area contributed by atoms with Crippen molar-refractivity contribution in [1.82, 2.24) is 4.90 Å². The molecule has 2 aromatic rings. The Morgan fingerprint density at radius 1 is 1.30 bits per heavy atom. The van der Waals surface area contributed by atoms with Crippen molar-refractivity contribution in [2.75, 3.05) is 0 Å². The standard InChI is InChI=1S/C23H21N3O7/c1-13(27)19-18-11-17-20(15-5-3-2-4-6-15)24-33-23(17,25(18)21(19)28)22(29)32-12-14-7-9-16(10-8-14)26(30)31/h2-10,13,17-19,27H,11-12H2,1H3/t13-,17?,18-,19-,23?/m1/s1. The van der Waals surface area contributed by atoms with Crippen molar-refractivity contribution in [1.29, 1.82) is 0 Å². The molecule has 3 aliphatic heterocycles. The SMILES string of the molecule is C[C@@H](O)[C@H]1C(=O)N2[C@@H]1CC1C(c3ccccc3)=NOC12C(=O)OCc1ccc([N+](=O)[O-])cc1. The number of hydrogen-bond acceptors (Lipinski definition) is 8. The van der Waals surface area contributed by atoms with Crippen LogP contribution >= 0.6 is 0 Å². The first-order valence-corrected chi connectivity index (χ1v) is 10.6. The molecule has 1 amide bonds. The lowest BCUT2D eigenvalue weighted by atomic mass is 9.82. The average molecular weight is 451 g/mol. The predicted octanol–water partition coefficient (Wildman–Crippen LogP) is 2.00. The van der Waals surface area contributed by atoms with Crippen molar-refractivity contribution < 1.29 is 29.2 Å². The highest BCUT2D eigenvalue weighted by atomic mass is 16.7. The Morgan fingerprint density at radius 2 is 2.00 bits per heavy atom. The monoisotopic (exact) mass is 451 g/mol. The maximum atomic E-state index is 13.4. The Morgan fingerprint density at radius 3 is 2.64 bits per heavy atom. The second kappa shape index (κ2) is 7.66. The van der Waals surface area contributed by atoms with Gasteiger partial charge < -0.3 is 14.7 Å².